The third-order valence-electron chi connectivity index (χ3n) is 4.76. The first-order valence-corrected chi connectivity index (χ1v) is 10.7. The molecule has 1 amide bonds. The van der Waals surface area contributed by atoms with Crippen molar-refractivity contribution < 1.29 is 13.2 Å². The zero-order chi connectivity index (χ0) is 18.3. The van der Waals surface area contributed by atoms with E-state index >= 15 is 0 Å². The molecule has 1 fully saturated rings. The van der Waals surface area contributed by atoms with Gasteiger partial charge >= 0.3 is 0 Å². The maximum Gasteiger partial charge on any atom is 0.225 e. The number of amides is 1. The summed E-state index contributed by atoms with van der Waals surface area (Å²) >= 11 is 0. The van der Waals surface area contributed by atoms with E-state index in [0.717, 1.165) is 18.5 Å². The molecule has 0 atom stereocenters. The third kappa shape index (κ3) is 5.78. The minimum Gasteiger partial charge on any atom is -0.345 e. The van der Waals surface area contributed by atoms with Gasteiger partial charge in [-0.25, -0.2) is 12.7 Å². The van der Waals surface area contributed by atoms with E-state index in [1.807, 2.05) is 32.2 Å². The highest BCUT2D eigenvalue weighted by Crippen LogP contribution is 2.22. The number of hydrogen-bond acceptors (Lipinski definition) is 4. The van der Waals surface area contributed by atoms with Crippen LogP contribution in [-0.2, 0) is 21.2 Å². The second kappa shape index (κ2) is 9.29. The predicted octanol–water partition coefficient (Wildman–Crippen LogP) is 1.92. The van der Waals surface area contributed by atoms with Crippen molar-refractivity contribution in [3.8, 4) is 0 Å². The van der Waals surface area contributed by atoms with Gasteiger partial charge in [0.2, 0.25) is 15.9 Å². The summed E-state index contributed by atoms with van der Waals surface area (Å²) in [5.74, 6) is 0.249. The molecule has 1 aliphatic rings. The third-order valence-corrected chi connectivity index (χ3v) is 6.71. The summed E-state index contributed by atoms with van der Waals surface area (Å²) < 4.78 is 26.0. The first-order chi connectivity index (χ1) is 11.9. The molecular weight excluding hydrogens is 338 g/mol. The Labute approximate surface area is 151 Å². The Kier molecular flexibility index (Phi) is 7.38. The van der Waals surface area contributed by atoms with Crippen LogP contribution < -0.4 is 0 Å². The van der Waals surface area contributed by atoms with Gasteiger partial charge in [0.1, 0.15) is 0 Å². The topological polar surface area (TPSA) is 70.6 Å². The number of sulfonamides is 1. The van der Waals surface area contributed by atoms with Crippen LogP contribution in [0, 0.1) is 5.92 Å². The average molecular weight is 368 g/mol. The van der Waals surface area contributed by atoms with Crippen LogP contribution >= 0.6 is 0 Å². The molecule has 140 valence electrons. The number of carbonyl (C=O) groups is 1. The Morgan fingerprint density at radius 2 is 2.04 bits per heavy atom. The lowest BCUT2D eigenvalue weighted by Crippen LogP contribution is -2.44. The first-order valence-electron chi connectivity index (χ1n) is 9.06. The van der Waals surface area contributed by atoms with Gasteiger partial charge in [-0.15, -0.1) is 0 Å². The van der Waals surface area contributed by atoms with E-state index in [0.29, 0.717) is 38.9 Å². The lowest BCUT2D eigenvalue weighted by Gasteiger charge is -2.32. The maximum absolute atomic E-state index is 12.6. The SMILES string of the molecule is CCCCS(=O)(=O)N1CCC(C(=O)N(C)CCc2ccccn2)CC1. The average Bonchev–Trinajstić information content (AvgIpc) is 2.65. The van der Waals surface area contributed by atoms with Crippen molar-refractivity contribution in [3.05, 3.63) is 30.1 Å². The number of piperidine rings is 1. The molecule has 2 rings (SSSR count). The summed E-state index contributed by atoms with van der Waals surface area (Å²) in [4.78, 5) is 18.6. The largest absolute Gasteiger partial charge is 0.345 e. The molecule has 1 aromatic rings. The van der Waals surface area contributed by atoms with Gasteiger partial charge < -0.3 is 4.90 Å². The predicted molar refractivity (Wildman–Crippen MR) is 98.6 cm³/mol. The molecule has 0 N–H and O–H groups in total. The lowest BCUT2D eigenvalue weighted by atomic mass is 9.96. The van der Waals surface area contributed by atoms with E-state index in [4.69, 9.17) is 0 Å². The molecule has 0 saturated carbocycles. The van der Waals surface area contributed by atoms with E-state index in [1.165, 1.54) is 0 Å². The summed E-state index contributed by atoms with van der Waals surface area (Å²) in [5.41, 5.74) is 0.971. The molecule has 1 aliphatic heterocycles. The number of carbonyl (C=O) groups excluding carboxylic acids is 1. The number of aromatic nitrogens is 1. The highest BCUT2D eigenvalue weighted by Gasteiger charge is 2.31. The van der Waals surface area contributed by atoms with Gasteiger partial charge in [-0.2, -0.15) is 0 Å². The lowest BCUT2D eigenvalue weighted by molar-refractivity contribution is -0.135. The summed E-state index contributed by atoms with van der Waals surface area (Å²) in [5, 5.41) is 0. The Hall–Kier alpha value is -1.47. The number of likely N-dealkylation sites (N-methyl/N-ethyl adjacent to an activating group) is 1. The molecule has 0 aromatic carbocycles. The van der Waals surface area contributed by atoms with E-state index in [1.54, 1.807) is 15.4 Å². The number of pyridine rings is 1. The van der Waals surface area contributed by atoms with Crippen molar-refractivity contribution in [2.75, 3.05) is 32.4 Å². The summed E-state index contributed by atoms with van der Waals surface area (Å²) in [6.07, 6.45) is 5.27. The van der Waals surface area contributed by atoms with Crippen LogP contribution in [-0.4, -0.2) is 60.9 Å². The van der Waals surface area contributed by atoms with Crippen LogP contribution in [0.5, 0.6) is 0 Å². The molecule has 1 aromatic heterocycles. The molecule has 6 nitrogen and oxygen atoms in total. The van der Waals surface area contributed by atoms with Gasteiger partial charge in [0, 0.05) is 50.9 Å². The summed E-state index contributed by atoms with van der Waals surface area (Å²) in [6.45, 7) is 3.53. The standard InChI is InChI=1S/C18H29N3O3S/c1-3-4-15-25(23,24)21-13-8-16(9-14-21)18(22)20(2)12-10-17-7-5-6-11-19-17/h5-7,11,16H,3-4,8-10,12-15H2,1-2H3. The van der Waals surface area contributed by atoms with Crippen molar-refractivity contribution >= 4 is 15.9 Å². The van der Waals surface area contributed by atoms with E-state index < -0.39 is 10.0 Å². The molecule has 0 radical (unpaired) electrons. The zero-order valence-electron chi connectivity index (χ0n) is 15.2. The van der Waals surface area contributed by atoms with Crippen molar-refractivity contribution in [1.29, 1.82) is 0 Å². The smallest absolute Gasteiger partial charge is 0.225 e. The first kappa shape index (κ1) is 19.8. The van der Waals surface area contributed by atoms with Gasteiger partial charge in [0.05, 0.1) is 5.75 Å². The van der Waals surface area contributed by atoms with E-state index in [2.05, 4.69) is 4.98 Å². The molecule has 0 bridgehead atoms. The summed E-state index contributed by atoms with van der Waals surface area (Å²) in [6, 6.07) is 5.78. The van der Waals surface area contributed by atoms with Crippen molar-refractivity contribution in [3.63, 3.8) is 0 Å². The fraction of sp³-hybridized carbons (Fsp3) is 0.667. The molecule has 7 heteroatoms. The normalized spacial score (nSPS) is 16.7. The van der Waals surface area contributed by atoms with Gasteiger partial charge in [0.25, 0.3) is 0 Å². The quantitative estimate of drug-likeness (QED) is 0.704. The molecule has 0 spiro atoms. The minimum atomic E-state index is -3.16. The highest BCUT2D eigenvalue weighted by molar-refractivity contribution is 7.89. The van der Waals surface area contributed by atoms with Crippen molar-refractivity contribution in [1.82, 2.24) is 14.2 Å². The van der Waals surface area contributed by atoms with Crippen LogP contribution in [0.3, 0.4) is 0 Å². The Bertz CT molecular complexity index is 641. The number of unbranched alkanes of at least 4 members (excludes halogenated alkanes) is 1. The maximum atomic E-state index is 12.6. The molecule has 25 heavy (non-hydrogen) atoms. The van der Waals surface area contributed by atoms with Gasteiger partial charge in [0.15, 0.2) is 0 Å². The van der Waals surface area contributed by atoms with Crippen LogP contribution in [0.2, 0.25) is 0 Å². The number of nitrogens with zero attached hydrogens (tertiary/aromatic N) is 3. The fourth-order valence-corrected chi connectivity index (χ4v) is 4.77. The van der Waals surface area contributed by atoms with Crippen LogP contribution in [0.1, 0.15) is 38.3 Å². The van der Waals surface area contributed by atoms with E-state index in [-0.39, 0.29) is 17.6 Å². The van der Waals surface area contributed by atoms with E-state index in [9.17, 15) is 13.2 Å². The Morgan fingerprint density at radius 3 is 2.64 bits per heavy atom. The van der Waals surface area contributed by atoms with Crippen LogP contribution in [0.15, 0.2) is 24.4 Å². The van der Waals surface area contributed by atoms with Crippen LogP contribution in [0.25, 0.3) is 0 Å². The molecule has 0 aliphatic carbocycles. The van der Waals surface area contributed by atoms with Crippen molar-refractivity contribution in [2.45, 2.75) is 39.0 Å². The second-order valence-corrected chi connectivity index (χ2v) is 8.76. The monoisotopic (exact) mass is 367 g/mol. The zero-order valence-corrected chi connectivity index (χ0v) is 16.0. The molecule has 1 saturated heterocycles. The number of hydrogen-bond donors (Lipinski definition) is 0. The highest BCUT2D eigenvalue weighted by atomic mass is 32.2. The van der Waals surface area contributed by atoms with Gasteiger partial charge in [-0.3, -0.25) is 9.78 Å². The number of rotatable bonds is 8. The molecule has 2 heterocycles. The van der Waals surface area contributed by atoms with Crippen LogP contribution in [0.4, 0.5) is 0 Å². The van der Waals surface area contributed by atoms with Gasteiger partial charge in [-0.1, -0.05) is 19.4 Å². The second-order valence-electron chi connectivity index (χ2n) is 6.67. The molecule has 0 unspecified atom stereocenters. The summed E-state index contributed by atoms with van der Waals surface area (Å²) in [7, 11) is -1.35. The van der Waals surface area contributed by atoms with Crippen molar-refractivity contribution in [2.24, 2.45) is 5.92 Å². The molecular formula is C18H29N3O3S. The Morgan fingerprint density at radius 1 is 1.32 bits per heavy atom. The Balaban J connectivity index is 1.80. The minimum absolute atomic E-state index is 0.0774. The van der Waals surface area contributed by atoms with Gasteiger partial charge in [-0.05, 0) is 31.4 Å². The fourth-order valence-electron chi connectivity index (χ4n) is 3.09.